The van der Waals surface area contributed by atoms with Crippen LogP contribution in [0.15, 0.2) is 23.1 Å². The van der Waals surface area contributed by atoms with Gasteiger partial charge in [0.25, 0.3) is 0 Å². The third kappa shape index (κ3) is 2.04. The summed E-state index contributed by atoms with van der Waals surface area (Å²) in [6, 6.07) is 6.11. The fourth-order valence-corrected chi connectivity index (χ4v) is 1.99. The molecule has 2 nitrogen and oxygen atoms in total. The molecule has 13 heavy (non-hydrogen) atoms. The van der Waals surface area contributed by atoms with Crippen LogP contribution in [0.5, 0.6) is 0 Å². The smallest absolute Gasteiger partial charge is 0.234 e. The van der Waals surface area contributed by atoms with Crippen molar-refractivity contribution in [1.29, 1.82) is 0 Å². The van der Waals surface area contributed by atoms with Gasteiger partial charge in [-0.2, -0.15) is 0 Å². The van der Waals surface area contributed by atoms with Crippen molar-refractivity contribution in [1.82, 2.24) is 0 Å². The van der Waals surface area contributed by atoms with E-state index in [0.717, 1.165) is 5.69 Å². The van der Waals surface area contributed by atoms with Crippen molar-refractivity contribution in [3.05, 3.63) is 23.8 Å². The van der Waals surface area contributed by atoms with Gasteiger partial charge in [0.2, 0.25) is 5.91 Å². The highest BCUT2D eigenvalue weighted by molar-refractivity contribution is 8.00. The quantitative estimate of drug-likeness (QED) is 0.689. The van der Waals surface area contributed by atoms with Gasteiger partial charge in [0.05, 0.1) is 11.4 Å². The first kappa shape index (κ1) is 10.1. The zero-order valence-corrected chi connectivity index (χ0v) is 7.57. The van der Waals surface area contributed by atoms with Crippen molar-refractivity contribution in [2.75, 3.05) is 11.1 Å². The minimum absolute atomic E-state index is 0. The highest BCUT2D eigenvalue weighted by atomic mass is 32.2. The molecule has 1 N–H and O–H groups in total. The summed E-state index contributed by atoms with van der Waals surface area (Å²) in [7, 11) is 0. The lowest BCUT2D eigenvalue weighted by Gasteiger charge is -2.15. The Labute approximate surface area is 82.7 Å². The van der Waals surface area contributed by atoms with Crippen molar-refractivity contribution in [3.63, 3.8) is 0 Å². The zero-order valence-electron chi connectivity index (χ0n) is 6.76. The van der Waals surface area contributed by atoms with Crippen molar-refractivity contribution < 1.29 is 4.79 Å². The molecule has 0 radical (unpaired) electrons. The second kappa shape index (κ2) is 3.83. The Kier molecular flexibility index (Phi) is 2.98. The summed E-state index contributed by atoms with van der Waals surface area (Å²) in [6.45, 7) is 2.02. The van der Waals surface area contributed by atoms with Gasteiger partial charge in [0.15, 0.2) is 0 Å². The van der Waals surface area contributed by atoms with Crippen molar-refractivity contribution >= 4 is 23.4 Å². The van der Waals surface area contributed by atoms with E-state index in [1.807, 2.05) is 13.0 Å². The first-order valence-electron chi connectivity index (χ1n) is 3.79. The Morgan fingerprint density at radius 1 is 1.46 bits per heavy atom. The van der Waals surface area contributed by atoms with Gasteiger partial charge < -0.3 is 5.32 Å². The largest absolute Gasteiger partial charge is 0.324 e. The molecular weight excluding hydrogens is 182 g/mol. The molecule has 0 saturated carbocycles. The topological polar surface area (TPSA) is 29.1 Å². The van der Waals surface area contributed by atoms with Crippen LogP contribution in [-0.2, 0) is 4.79 Å². The van der Waals surface area contributed by atoms with E-state index in [-0.39, 0.29) is 13.3 Å². The maximum atomic E-state index is 11.0. The van der Waals surface area contributed by atoms with E-state index in [9.17, 15) is 4.79 Å². The number of aryl methyl sites for hydroxylation is 1. The van der Waals surface area contributed by atoms with Gasteiger partial charge in [-0.15, -0.1) is 11.8 Å². The minimum atomic E-state index is 0. The first-order chi connectivity index (χ1) is 5.75. The molecule has 1 heterocycles. The molecule has 1 aromatic carbocycles. The molecule has 0 aliphatic carbocycles. The van der Waals surface area contributed by atoms with Crippen LogP contribution >= 0.6 is 11.8 Å². The Morgan fingerprint density at radius 2 is 2.23 bits per heavy atom. The van der Waals surface area contributed by atoms with Crippen LogP contribution in [0.4, 0.5) is 5.69 Å². The van der Waals surface area contributed by atoms with Gasteiger partial charge in [-0.3, -0.25) is 4.79 Å². The number of hydrogen-bond donors (Lipinski definition) is 1. The molecule has 0 bridgehead atoms. The van der Waals surface area contributed by atoms with Crippen molar-refractivity contribution in [2.24, 2.45) is 0 Å². The summed E-state index contributed by atoms with van der Waals surface area (Å²) in [5, 5.41) is 2.84. The normalized spacial score (nSPS) is 14.1. The molecule has 70 valence electrons. The predicted molar refractivity (Wildman–Crippen MR) is 57.3 cm³/mol. The SMILES string of the molecule is C.Cc1ccc2c(c1)NC(=O)CS2. The standard InChI is InChI=1S/C9H9NOS.CH4/c1-6-2-3-8-7(4-6)10-9(11)5-12-8;/h2-4H,5H2,1H3,(H,10,11);1H4. The number of nitrogens with one attached hydrogen (secondary N) is 1. The number of amides is 1. The second-order valence-electron chi connectivity index (χ2n) is 2.84. The van der Waals surface area contributed by atoms with Crippen LogP contribution in [0.25, 0.3) is 0 Å². The summed E-state index contributed by atoms with van der Waals surface area (Å²) < 4.78 is 0. The van der Waals surface area contributed by atoms with Crippen LogP contribution in [0.1, 0.15) is 13.0 Å². The molecule has 1 aromatic rings. The molecule has 0 spiro atoms. The number of carbonyl (C=O) groups excluding carboxylic acids is 1. The molecule has 3 heteroatoms. The van der Waals surface area contributed by atoms with Crippen LogP contribution in [0.3, 0.4) is 0 Å². The molecule has 0 atom stereocenters. The first-order valence-corrected chi connectivity index (χ1v) is 4.77. The lowest BCUT2D eigenvalue weighted by atomic mass is 10.2. The number of fused-ring (bicyclic) bond motifs is 1. The van der Waals surface area contributed by atoms with E-state index in [1.165, 1.54) is 10.5 Å². The van der Waals surface area contributed by atoms with E-state index in [1.54, 1.807) is 11.8 Å². The van der Waals surface area contributed by atoms with E-state index >= 15 is 0 Å². The summed E-state index contributed by atoms with van der Waals surface area (Å²) in [5.74, 6) is 0.633. The fraction of sp³-hybridized carbons (Fsp3) is 0.300. The van der Waals surface area contributed by atoms with Crippen LogP contribution in [0, 0.1) is 6.92 Å². The summed E-state index contributed by atoms with van der Waals surface area (Å²) in [5.41, 5.74) is 2.13. The zero-order chi connectivity index (χ0) is 8.55. The molecule has 1 aliphatic heterocycles. The van der Waals surface area contributed by atoms with Gasteiger partial charge in [-0.25, -0.2) is 0 Å². The van der Waals surface area contributed by atoms with Gasteiger partial charge in [-0.1, -0.05) is 13.5 Å². The number of rotatable bonds is 0. The third-order valence-electron chi connectivity index (χ3n) is 1.77. The maximum Gasteiger partial charge on any atom is 0.234 e. The van der Waals surface area contributed by atoms with Gasteiger partial charge in [0.1, 0.15) is 0 Å². The Bertz CT molecular complexity index is 336. The lowest BCUT2D eigenvalue weighted by Crippen LogP contribution is -2.18. The maximum absolute atomic E-state index is 11.0. The number of carbonyl (C=O) groups is 1. The molecule has 1 amide bonds. The van der Waals surface area contributed by atoms with Crippen LogP contribution in [-0.4, -0.2) is 11.7 Å². The van der Waals surface area contributed by atoms with Crippen molar-refractivity contribution in [2.45, 2.75) is 19.2 Å². The van der Waals surface area contributed by atoms with Gasteiger partial charge in [-0.05, 0) is 24.6 Å². The van der Waals surface area contributed by atoms with Crippen LogP contribution < -0.4 is 5.32 Å². The molecule has 2 rings (SSSR count). The Balaban J connectivity index is 0.000000845. The lowest BCUT2D eigenvalue weighted by molar-refractivity contribution is -0.113. The summed E-state index contributed by atoms with van der Waals surface area (Å²) >= 11 is 1.59. The monoisotopic (exact) mass is 195 g/mol. The van der Waals surface area contributed by atoms with Gasteiger partial charge >= 0.3 is 0 Å². The highest BCUT2D eigenvalue weighted by Crippen LogP contribution is 2.31. The molecule has 0 unspecified atom stereocenters. The average Bonchev–Trinajstić information content (AvgIpc) is 2.03. The van der Waals surface area contributed by atoms with E-state index in [2.05, 4.69) is 17.4 Å². The van der Waals surface area contributed by atoms with E-state index in [4.69, 9.17) is 0 Å². The fourth-order valence-electron chi connectivity index (χ4n) is 1.20. The third-order valence-corrected chi connectivity index (χ3v) is 2.84. The number of hydrogen-bond acceptors (Lipinski definition) is 2. The molecule has 0 saturated heterocycles. The summed E-state index contributed by atoms with van der Waals surface area (Å²) in [4.78, 5) is 12.2. The molecule has 0 aromatic heterocycles. The number of thioether (sulfide) groups is 1. The Morgan fingerprint density at radius 3 is 3.00 bits per heavy atom. The highest BCUT2D eigenvalue weighted by Gasteiger charge is 2.14. The van der Waals surface area contributed by atoms with E-state index < -0.39 is 0 Å². The summed E-state index contributed by atoms with van der Waals surface area (Å²) in [6.07, 6.45) is 0. The predicted octanol–water partition coefficient (Wildman–Crippen LogP) is 2.68. The molecule has 1 aliphatic rings. The van der Waals surface area contributed by atoms with E-state index in [0.29, 0.717) is 5.75 Å². The second-order valence-corrected chi connectivity index (χ2v) is 3.85. The molecular formula is C10H13NOS. The number of benzene rings is 1. The Hall–Kier alpha value is -0.960. The van der Waals surface area contributed by atoms with Crippen LogP contribution in [0.2, 0.25) is 0 Å². The van der Waals surface area contributed by atoms with Crippen molar-refractivity contribution in [3.8, 4) is 0 Å². The molecule has 0 fully saturated rings. The number of anilines is 1. The van der Waals surface area contributed by atoms with Gasteiger partial charge in [0, 0.05) is 4.90 Å². The minimum Gasteiger partial charge on any atom is -0.324 e. The average molecular weight is 195 g/mol.